The van der Waals surface area contributed by atoms with Gasteiger partial charge < -0.3 is 4.42 Å². The molecule has 0 aliphatic carbocycles. The molecule has 0 radical (unpaired) electrons. The van der Waals surface area contributed by atoms with Crippen LogP contribution in [0.3, 0.4) is 0 Å². The molecule has 0 amide bonds. The number of fused-ring (bicyclic) bond motifs is 1. The second-order valence-electron chi connectivity index (χ2n) is 4.27. The van der Waals surface area contributed by atoms with Crippen molar-refractivity contribution in [2.45, 2.75) is 17.8 Å². The molecule has 0 atom stereocenters. The highest BCUT2D eigenvalue weighted by atomic mass is 32.2. The van der Waals surface area contributed by atoms with Gasteiger partial charge in [-0.05, 0) is 12.1 Å². The summed E-state index contributed by atoms with van der Waals surface area (Å²) in [6, 6.07) is 6.96. The van der Waals surface area contributed by atoms with Crippen molar-refractivity contribution >= 4 is 33.7 Å². The van der Waals surface area contributed by atoms with Crippen molar-refractivity contribution in [2.24, 2.45) is 0 Å². The molecular weight excluding hydrogens is 298 g/mol. The van der Waals surface area contributed by atoms with Crippen molar-refractivity contribution in [3.05, 3.63) is 42.1 Å². The molecule has 3 rings (SSSR count). The van der Waals surface area contributed by atoms with Crippen LogP contribution in [0.25, 0.3) is 11.0 Å². The summed E-state index contributed by atoms with van der Waals surface area (Å²) in [6.07, 6.45) is 1.41. The number of rotatable bonds is 3. The lowest BCUT2D eigenvalue weighted by Gasteiger charge is -2.06. The van der Waals surface area contributed by atoms with Gasteiger partial charge in [0.2, 0.25) is 10.0 Å². The first kappa shape index (κ1) is 13.2. The average Bonchev–Trinajstić information content (AvgIpc) is 2.91. The molecule has 20 heavy (non-hydrogen) atoms. The summed E-state index contributed by atoms with van der Waals surface area (Å²) >= 11 is 4.15. The summed E-state index contributed by atoms with van der Waals surface area (Å²) in [5, 5.41) is 0.127. The van der Waals surface area contributed by atoms with Gasteiger partial charge in [-0.25, -0.2) is 22.4 Å². The molecule has 0 N–H and O–H groups in total. The zero-order chi connectivity index (χ0) is 14.3. The highest BCUT2D eigenvalue weighted by Gasteiger charge is 2.22. The largest absolute Gasteiger partial charge is 0.445 e. The number of hydrogen-bond acceptors (Lipinski definition) is 6. The van der Waals surface area contributed by atoms with E-state index in [1.165, 1.54) is 6.20 Å². The standard InChI is InChI=1S/C12H11N3O3S2/c1-8-13-6-9(18-8)7-20(16,17)15-11-5-3-2-4-10(11)14-12(15)19/h2-6H,7H2,1H3,(H,14,19). The predicted octanol–water partition coefficient (Wildman–Crippen LogP) is 2.00. The maximum Gasteiger partial charge on any atom is 0.248 e. The van der Waals surface area contributed by atoms with Crippen LogP contribution in [0.4, 0.5) is 0 Å². The Morgan fingerprint density at radius 3 is 2.80 bits per heavy atom. The molecule has 6 nitrogen and oxygen atoms in total. The zero-order valence-corrected chi connectivity index (χ0v) is 12.2. The third kappa shape index (κ3) is 2.20. The van der Waals surface area contributed by atoms with E-state index in [4.69, 9.17) is 4.42 Å². The highest BCUT2D eigenvalue weighted by molar-refractivity contribution is 7.90. The van der Waals surface area contributed by atoms with Gasteiger partial charge in [-0.3, -0.25) is 0 Å². The van der Waals surface area contributed by atoms with Crippen LogP contribution in [0.1, 0.15) is 11.7 Å². The summed E-state index contributed by atoms with van der Waals surface area (Å²) in [5.41, 5.74) is 1.07. The van der Waals surface area contributed by atoms with Crippen molar-refractivity contribution in [1.29, 1.82) is 0 Å². The third-order valence-electron chi connectivity index (χ3n) is 2.77. The molecule has 1 aromatic carbocycles. The Balaban J connectivity index is 2.11. The Labute approximate surface area is 120 Å². The number of aryl methyl sites for hydroxylation is 1. The number of thiol groups is 1. The summed E-state index contributed by atoms with van der Waals surface area (Å²) in [7, 11) is -3.67. The summed E-state index contributed by atoms with van der Waals surface area (Å²) in [5.74, 6) is 0.423. The molecule has 0 aliphatic rings. The number of hydrogen-bond donors (Lipinski definition) is 1. The van der Waals surface area contributed by atoms with E-state index in [0.29, 0.717) is 16.9 Å². The fourth-order valence-electron chi connectivity index (χ4n) is 1.98. The van der Waals surface area contributed by atoms with Crippen LogP contribution in [0.5, 0.6) is 0 Å². The second-order valence-corrected chi connectivity index (χ2v) is 6.48. The lowest BCUT2D eigenvalue weighted by molar-refractivity contribution is 0.484. The van der Waals surface area contributed by atoms with E-state index < -0.39 is 10.0 Å². The lowest BCUT2D eigenvalue weighted by atomic mass is 10.3. The van der Waals surface area contributed by atoms with Gasteiger partial charge >= 0.3 is 0 Å². The van der Waals surface area contributed by atoms with Crippen LogP contribution in [0.2, 0.25) is 0 Å². The second kappa shape index (κ2) is 4.64. The Hall–Kier alpha value is -1.80. The normalized spacial score (nSPS) is 12.1. The van der Waals surface area contributed by atoms with E-state index in [0.717, 1.165) is 3.97 Å². The minimum atomic E-state index is -3.67. The molecular formula is C12H11N3O3S2. The van der Waals surface area contributed by atoms with Crippen molar-refractivity contribution in [3.8, 4) is 0 Å². The van der Waals surface area contributed by atoms with E-state index in [-0.39, 0.29) is 16.7 Å². The molecule has 3 aromatic rings. The van der Waals surface area contributed by atoms with Gasteiger partial charge in [-0.1, -0.05) is 12.1 Å². The summed E-state index contributed by atoms with van der Waals surface area (Å²) < 4.78 is 31.3. The number of nitrogens with zero attached hydrogens (tertiary/aromatic N) is 3. The minimum absolute atomic E-state index is 0.127. The van der Waals surface area contributed by atoms with Crippen molar-refractivity contribution in [2.75, 3.05) is 0 Å². The van der Waals surface area contributed by atoms with Gasteiger partial charge in [-0.2, -0.15) is 0 Å². The smallest absolute Gasteiger partial charge is 0.248 e. The summed E-state index contributed by atoms with van der Waals surface area (Å²) in [6.45, 7) is 1.66. The van der Waals surface area contributed by atoms with Crippen molar-refractivity contribution in [3.63, 3.8) is 0 Å². The Morgan fingerprint density at radius 2 is 2.10 bits per heavy atom. The molecule has 0 aliphatic heterocycles. The van der Waals surface area contributed by atoms with Crippen LogP contribution < -0.4 is 0 Å². The molecule has 0 spiro atoms. The Bertz CT molecular complexity index is 880. The zero-order valence-electron chi connectivity index (χ0n) is 10.5. The molecule has 0 saturated heterocycles. The van der Waals surface area contributed by atoms with Crippen molar-refractivity contribution < 1.29 is 12.8 Å². The van der Waals surface area contributed by atoms with E-state index in [9.17, 15) is 8.42 Å². The first-order valence-corrected chi connectivity index (χ1v) is 7.84. The van der Waals surface area contributed by atoms with E-state index in [1.54, 1.807) is 31.2 Å². The van der Waals surface area contributed by atoms with Crippen LogP contribution >= 0.6 is 12.6 Å². The third-order valence-corrected chi connectivity index (χ3v) is 4.79. The van der Waals surface area contributed by atoms with E-state index in [2.05, 4.69) is 22.6 Å². The molecule has 2 heterocycles. The monoisotopic (exact) mass is 309 g/mol. The first-order valence-electron chi connectivity index (χ1n) is 5.78. The van der Waals surface area contributed by atoms with Gasteiger partial charge in [0.25, 0.3) is 0 Å². The van der Waals surface area contributed by atoms with Crippen LogP contribution in [-0.2, 0) is 15.8 Å². The molecule has 0 bridgehead atoms. The van der Waals surface area contributed by atoms with Gasteiger partial charge in [-0.15, -0.1) is 12.6 Å². The fraction of sp³-hybridized carbons (Fsp3) is 0.167. The Kier molecular flexibility index (Phi) is 3.06. The number of imidazole rings is 1. The van der Waals surface area contributed by atoms with Gasteiger partial charge in [0.05, 0.1) is 17.2 Å². The quantitative estimate of drug-likeness (QED) is 0.749. The molecule has 104 valence electrons. The number of oxazole rings is 1. The average molecular weight is 309 g/mol. The molecule has 2 aromatic heterocycles. The van der Waals surface area contributed by atoms with Gasteiger partial charge in [0, 0.05) is 6.92 Å². The van der Waals surface area contributed by atoms with Crippen LogP contribution in [0.15, 0.2) is 40.0 Å². The maximum atomic E-state index is 12.5. The number of aromatic nitrogens is 3. The molecule has 8 heteroatoms. The SMILES string of the molecule is Cc1ncc(CS(=O)(=O)n2c(S)nc3ccccc32)o1. The maximum absolute atomic E-state index is 12.5. The molecule has 0 saturated carbocycles. The first-order chi connectivity index (χ1) is 9.47. The molecule has 0 unspecified atom stereocenters. The lowest BCUT2D eigenvalue weighted by Crippen LogP contribution is -2.15. The topological polar surface area (TPSA) is 78.0 Å². The van der Waals surface area contributed by atoms with E-state index in [1.807, 2.05) is 0 Å². The summed E-state index contributed by atoms with van der Waals surface area (Å²) in [4.78, 5) is 8.02. The predicted molar refractivity (Wildman–Crippen MR) is 76.2 cm³/mol. The van der Waals surface area contributed by atoms with Crippen LogP contribution in [-0.4, -0.2) is 22.4 Å². The van der Waals surface area contributed by atoms with E-state index >= 15 is 0 Å². The van der Waals surface area contributed by atoms with Crippen molar-refractivity contribution in [1.82, 2.24) is 13.9 Å². The Morgan fingerprint density at radius 1 is 1.35 bits per heavy atom. The fourth-order valence-corrected chi connectivity index (χ4v) is 3.94. The minimum Gasteiger partial charge on any atom is -0.445 e. The van der Waals surface area contributed by atoms with Gasteiger partial charge in [0.1, 0.15) is 11.5 Å². The number of benzene rings is 1. The van der Waals surface area contributed by atoms with Crippen LogP contribution in [0, 0.1) is 6.92 Å². The highest BCUT2D eigenvalue weighted by Crippen LogP contribution is 2.22. The molecule has 0 fully saturated rings. The number of para-hydroxylation sites is 2. The van der Waals surface area contributed by atoms with Gasteiger partial charge in [0.15, 0.2) is 11.0 Å².